The van der Waals surface area contributed by atoms with Gasteiger partial charge in [0.25, 0.3) is 0 Å². The van der Waals surface area contributed by atoms with Crippen LogP contribution in [0.3, 0.4) is 0 Å². The fourth-order valence-electron chi connectivity index (χ4n) is 2.20. The zero-order valence-corrected chi connectivity index (χ0v) is 13.5. The van der Waals surface area contributed by atoms with Gasteiger partial charge in [-0.25, -0.2) is 0 Å². The van der Waals surface area contributed by atoms with E-state index in [1.54, 1.807) is 0 Å². The molecule has 2 aromatic carbocycles. The Morgan fingerprint density at radius 2 is 1.85 bits per heavy atom. The van der Waals surface area contributed by atoms with Gasteiger partial charge >= 0.3 is 0 Å². The van der Waals surface area contributed by atoms with Crippen molar-refractivity contribution in [1.29, 1.82) is 0 Å². The Bertz CT molecular complexity index is 543. The summed E-state index contributed by atoms with van der Waals surface area (Å²) in [5.74, 6) is 0.905. The second kappa shape index (κ2) is 6.91. The van der Waals surface area contributed by atoms with Crippen LogP contribution in [-0.4, -0.2) is 6.04 Å². The molecule has 0 aromatic heterocycles. The molecule has 0 saturated heterocycles. The standard InChI is InChI=1S/C17H20BrNO/c1-12-8-15(9-13(2)19)10-16(18)17(12)20-11-14-6-4-3-5-7-14/h3-8,10,13H,9,11,19H2,1-2H3. The normalized spacial score (nSPS) is 12.2. The van der Waals surface area contributed by atoms with Gasteiger partial charge in [-0.1, -0.05) is 36.4 Å². The fraction of sp³-hybridized carbons (Fsp3) is 0.294. The number of hydrogen-bond donors (Lipinski definition) is 1. The van der Waals surface area contributed by atoms with Crippen LogP contribution < -0.4 is 10.5 Å². The maximum atomic E-state index is 5.94. The first-order valence-electron chi connectivity index (χ1n) is 6.77. The molecule has 20 heavy (non-hydrogen) atoms. The molecule has 0 aliphatic heterocycles. The highest BCUT2D eigenvalue weighted by Gasteiger charge is 2.09. The van der Waals surface area contributed by atoms with Crippen molar-refractivity contribution in [2.24, 2.45) is 5.73 Å². The summed E-state index contributed by atoms with van der Waals surface area (Å²) in [5.41, 5.74) is 9.38. The van der Waals surface area contributed by atoms with Crippen molar-refractivity contribution in [2.45, 2.75) is 32.9 Å². The molecule has 0 amide bonds. The Kier molecular flexibility index (Phi) is 5.21. The summed E-state index contributed by atoms with van der Waals surface area (Å²) in [7, 11) is 0. The average molecular weight is 334 g/mol. The summed E-state index contributed by atoms with van der Waals surface area (Å²) in [6, 6.07) is 14.6. The summed E-state index contributed by atoms with van der Waals surface area (Å²) in [4.78, 5) is 0. The molecule has 0 fully saturated rings. The van der Waals surface area contributed by atoms with Gasteiger partial charge in [0.1, 0.15) is 12.4 Å². The summed E-state index contributed by atoms with van der Waals surface area (Å²) >= 11 is 3.60. The zero-order chi connectivity index (χ0) is 14.5. The lowest BCUT2D eigenvalue weighted by Gasteiger charge is -2.14. The first-order valence-corrected chi connectivity index (χ1v) is 7.57. The number of benzene rings is 2. The Morgan fingerprint density at radius 1 is 1.15 bits per heavy atom. The molecule has 3 heteroatoms. The van der Waals surface area contributed by atoms with Gasteiger partial charge in [0.15, 0.2) is 0 Å². The molecule has 2 aromatic rings. The monoisotopic (exact) mass is 333 g/mol. The van der Waals surface area contributed by atoms with Crippen LogP contribution in [0.5, 0.6) is 5.75 Å². The van der Waals surface area contributed by atoms with Crippen molar-refractivity contribution in [3.8, 4) is 5.75 Å². The lowest BCUT2D eigenvalue weighted by Crippen LogP contribution is -2.17. The number of nitrogens with two attached hydrogens (primary N) is 1. The lowest BCUT2D eigenvalue weighted by atomic mass is 10.0. The van der Waals surface area contributed by atoms with Crippen LogP contribution in [0.25, 0.3) is 0 Å². The van der Waals surface area contributed by atoms with Gasteiger partial charge in [-0.2, -0.15) is 0 Å². The number of halogens is 1. The highest BCUT2D eigenvalue weighted by Crippen LogP contribution is 2.31. The largest absolute Gasteiger partial charge is 0.487 e. The van der Waals surface area contributed by atoms with Crippen molar-refractivity contribution in [3.63, 3.8) is 0 Å². The van der Waals surface area contributed by atoms with Crippen LogP contribution in [0, 0.1) is 6.92 Å². The van der Waals surface area contributed by atoms with Crippen LogP contribution >= 0.6 is 15.9 Å². The van der Waals surface area contributed by atoms with Gasteiger partial charge < -0.3 is 10.5 Å². The summed E-state index contributed by atoms with van der Waals surface area (Å²) in [5, 5.41) is 0. The third-order valence-corrected chi connectivity index (χ3v) is 3.66. The van der Waals surface area contributed by atoms with Crippen LogP contribution in [0.4, 0.5) is 0 Å². The first kappa shape index (κ1) is 15.1. The molecule has 0 saturated carbocycles. The molecule has 0 radical (unpaired) electrons. The molecule has 1 atom stereocenters. The Morgan fingerprint density at radius 3 is 2.45 bits per heavy atom. The van der Waals surface area contributed by atoms with Crippen molar-refractivity contribution < 1.29 is 4.74 Å². The second-order valence-corrected chi connectivity index (χ2v) is 6.03. The molecule has 2 N–H and O–H groups in total. The van der Waals surface area contributed by atoms with Crippen LogP contribution in [0.2, 0.25) is 0 Å². The van der Waals surface area contributed by atoms with Crippen molar-refractivity contribution >= 4 is 15.9 Å². The molecule has 0 aliphatic rings. The van der Waals surface area contributed by atoms with E-state index in [2.05, 4.69) is 47.1 Å². The van der Waals surface area contributed by atoms with Crippen molar-refractivity contribution in [1.82, 2.24) is 0 Å². The van der Waals surface area contributed by atoms with Gasteiger partial charge in [0, 0.05) is 6.04 Å². The minimum atomic E-state index is 0.164. The highest BCUT2D eigenvalue weighted by molar-refractivity contribution is 9.10. The minimum absolute atomic E-state index is 0.164. The summed E-state index contributed by atoms with van der Waals surface area (Å²) in [6.07, 6.45) is 0.873. The van der Waals surface area contributed by atoms with E-state index in [0.717, 1.165) is 22.2 Å². The molecule has 106 valence electrons. The van der Waals surface area contributed by atoms with Crippen LogP contribution in [0.1, 0.15) is 23.6 Å². The summed E-state index contributed by atoms with van der Waals surface area (Å²) in [6.45, 7) is 4.66. The second-order valence-electron chi connectivity index (χ2n) is 5.18. The van der Waals surface area contributed by atoms with Gasteiger partial charge in [-0.15, -0.1) is 0 Å². The molecule has 0 heterocycles. The fourth-order valence-corrected chi connectivity index (χ4v) is 2.93. The predicted molar refractivity (Wildman–Crippen MR) is 87.0 cm³/mol. The van der Waals surface area contributed by atoms with E-state index in [1.807, 2.05) is 25.1 Å². The van der Waals surface area contributed by atoms with E-state index in [0.29, 0.717) is 6.61 Å². The Hall–Kier alpha value is -1.32. The smallest absolute Gasteiger partial charge is 0.136 e. The third-order valence-electron chi connectivity index (χ3n) is 3.07. The Labute approximate surface area is 129 Å². The van der Waals surface area contributed by atoms with Crippen LogP contribution in [0.15, 0.2) is 46.9 Å². The molecule has 1 unspecified atom stereocenters. The lowest BCUT2D eigenvalue weighted by molar-refractivity contribution is 0.302. The number of ether oxygens (including phenoxy) is 1. The van der Waals surface area contributed by atoms with Crippen molar-refractivity contribution in [2.75, 3.05) is 0 Å². The van der Waals surface area contributed by atoms with Crippen LogP contribution in [-0.2, 0) is 13.0 Å². The van der Waals surface area contributed by atoms with Gasteiger partial charge in [0.2, 0.25) is 0 Å². The number of hydrogen-bond acceptors (Lipinski definition) is 2. The summed E-state index contributed by atoms with van der Waals surface area (Å²) < 4.78 is 6.93. The van der Waals surface area contributed by atoms with E-state index in [-0.39, 0.29) is 6.04 Å². The van der Waals surface area contributed by atoms with E-state index >= 15 is 0 Å². The molecular formula is C17H20BrNO. The SMILES string of the molecule is Cc1cc(CC(C)N)cc(Br)c1OCc1ccccc1. The molecule has 2 nitrogen and oxygen atoms in total. The van der Waals surface area contributed by atoms with E-state index in [4.69, 9.17) is 10.5 Å². The third kappa shape index (κ3) is 4.09. The van der Waals surface area contributed by atoms with Gasteiger partial charge in [-0.05, 0) is 59.0 Å². The molecular weight excluding hydrogens is 314 g/mol. The predicted octanol–water partition coefficient (Wildman–Crippen LogP) is 4.23. The molecule has 0 spiro atoms. The van der Waals surface area contributed by atoms with Gasteiger partial charge in [0.05, 0.1) is 4.47 Å². The van der Waals surface area contributed by atoms with E-state index in [9.17, 15) is 0 Å². The zero-order valence-electron chi connectivity index (χ0n) is 11.9. The van der Waals surface area contributed by atoms with E-state index in [1.165, 1.54) is 11.1 Å². The van der Waals surface area contributed by atoms with Gasteiger partial charge in [-0.3, -0.25) is 0 Å². The number of rotatable bonds is 5. The maximum Gasteiger partial charge on any atom is 0.136 e. The molecule has 2 rings (SSSR count). The first-order chi connectivity index (χ1) is 9.56. The minimum Gasteiger partial charge on any atom is -0.487 e. The topological polar surface area (TPSA) is 35.2 Å². The van der Waals surface area contributed by atoms with E-state index < -0.39 is 0 Å². The highest BCUT2D eigenvalue weighted by atomic mass is 79.9. The molecule has 0 bridgehead atoms. The maximum absolute atomic E-state index is 5.94. The average Bonchev–Trinajstić information content (AvgIpc) is 2.38. The molecule has 0 aliphatic carbocycles. The Balaban J connectivity index is 2.12. The quantitative estimate of drug-likeness (QED) is 0.888. The van der Waals surface area contributed by atoms with Crippen molar-refractivity contribution in [3.05, 3.63) is 63.6 Å². The number of aryl methyl sites for hydroxylation is 1.